The van der Waals surface area contributed by atoms with Crippen molar-refractivity contribution in [2.45, 2.75) is 39.9 Å². The quantitative estimate of drug-likeness (QED) is 0.905. The van der Waals surface area contributed by atoms with E-state index in [0.717, 1.165) is 23.6 Å². The molecule has 0 atom stereocenters. The molecule has 104 valence electrons. The number of thiophene rings is 1. The van der Waals surface area contributed by atoms with E-state index in [1.54, 1.807) is 23.1 Å². The van der Waals surface area contributed by atoms with E-state index in [0.29, 0.717) is 5.92 Å². The van der Waals surface area contributed by atoms with Gasteiger partial charge in [-0.1, -0.05) is 13.8 Å². The Labute approximate surface area is 123 Å². The molecule has 0 saturated carbocycles. The van der Waals surface area contributed by atoms with Gasteiger partial charge in [-0.05, 0) is 43.4 Å². The largest absolute Gasteiger partial charge is 0.352 e. The van der Waals surface area contributed by atoms with Crippen LogP contribution in [0.3, 0.4) is 0 Å². The molecule has 1 aliphatic heterocycles. The molecule has 0 spiro atoms. The van der Waals surface area contributed by atoms with Crippen molar-refractivity contribution in [2.75, 3.05) is 6.54 Å². The lowest BCUT2D eigenvalue weighted by atomic mass is 10.1. The van der Waals surface area contributed by atoms with E-state index in [2.05, 4.69) is 39.1 Å². The molecular formula is C15H21NOS2. The Morgan fingerprint density at radius 2 is 2.16 bits per heavy atom. The molecule has 1 aromatic rings. The molecule has 1 amide bonds. The highest BCUT2D eigenvalue weighted by molar-refractivity contribution is 8.03. The summed E-state index contributed by atoms with van der Waals surface area (Å²) < 4.78 is 0. The first kappa shape index (κ1) is 14.7. The summed E-state index contributed by atoms with van der Waals surface area (Å²) in [5.41, 5.74) is 2.80. The first-order valence-corrected chi connectivity index (χ1v) is 8.50. The zero-order chi connectivity index (χ0) is 14.0. The first-order valence-electron chi connectivity index (χ1n) is 6.70. The number of nitrogens with one attached hydrogen (secondary N) is 1. The average molecular weight is 295 g/mol. The molecule has 19 heavy (non-hydrogen) atoms. The van der Waals surface area contributed by atoms with Crippen LogP contribution in [0.2, 0.25) is 0 Å². The second-order valence-corrected chi connectivity index (χ2v) is 7.64. The number of rotatable bonds is 4. The molecule has 0 unspecified atom stereocenters. The Morgan fingerprint density at radius 3 is 2.84 bits per heavy atom. The van der Waals surface area contributed by atoms with Crippen LogP contribution in [-0.4, -0.2) is 12.5 Å². The second-order valence-electron chi connectivity index (χ2n) is 5.36. The van der Waals surface area contributed by atoms with Crippen molar-refractivity contribution >= 4 is 35.1 Å². The lowest BCUT2D eigenvalue weighted by molar-refractivity contribution is -0.116. The summed E-state index contributed by atoms with van der Waals surface area (Å²) >= 11 is 3.45. The van der Waals surface area contributed by atoms with Gasteiger partial charge in [-0.25, -0.2) is 0 Å². The van der Waals surface area contributed by atoms with Crippen molar-refractivity contribution in [3.05, 3.63) is 25.8 Å². The summed E-state index contributed by atoms with van der Waals surface area (Å²) in [4.78, 5) is 15.6. The van der Waals surface area contributed by atoms with Crippen molar-refractivity contribution in [2.24, 2.45) is 5.92 Å². The summed E-state index contributed by atoms with van der Waals surface area (Å²) in [6, 6.07) is 0. The number of hydrogen-bond donors (Lipinski definition) is 1. The highest BCUT2D eigenvalue weighted by Gasteiger charge is 2.20. The molecule has 0 saturated heterocycles. The second kappa shape index (κ2) is 6.14. The molecule has 0 radical (unpaired) electrons. The van der Waals surface area contributed by atoms with Crippen LogP contribution in [0.5, 0.6) is 0 Å². The van der Waals surface area contributed by atoms with Gasteiger partial charge < -0.3 is 5.32 Å². The van der Waals surface area contributed by atoms with E-state index >= 15 is 0 Å². The number of aryl methyl sites for hydroxylation is 1. The zero-order valence-electron chi connectivity index (χ0n) is 12.0. The number of carbonyl (C=O) groups is 1. The highest BCUT2D eigenvalue weighted by Crippen LogP contribution is 2.39. The molecule has 2 heterocycles. The lowest BCUT2D eigenvalue weighted by Crippen LogP contribution is -2.26. The number of carbonyl (C=O) groups excluding carboxylic acids is 1. The summed E-state index contributed by atoms with van der Waals surface area (Å²) in [5.74, 6) is 1.64. The number of fused-ring (bicyclic) bond motifs is 1. The Kier molecular flexibility index (Phi) is 4.74. The molecule has 0 fully saturated rings. The van der Waals surface area contributed by atoms with E-state index in [4.69, 9.17) is 0 Å². The van der Waals surface area contributed by atoms with Crippen molar-refractivity contribution in [3.8, 4) is 0 Å². The van der Waals surface area contributed by atoms with Crippen LogP contribution in [0, 0.1) is 19.8 Å². The van der Waals surface area contributed by atoms with Crippen molar-refractivity contribution in [1.29, 1.82) is 0 Å². The molecule has 2 rings (SSSR count). The fraction of sp³-hybridized carbons (Fsp3) is 0.533. The van der Waals surface area contributed by atoms with Gasteiger partial charge in [0.15, 0.2) is 0 Å². The van der Waals surface area contributed by atoms with Crippen LogP contribution < -0.4 is 5.32 Å². The molecule has 0 aliphatic carbocycles. The lowest BCUT2D eigenvalue weighted by Gasteiger charge is -2.14. The fourth-order valence-corrected chi connectivity index (χ4v) is 4.37. The Bertz CT molecular complexity index is 514. The fourth-order valence-electron chi connectivity index (χ4n) is 2.00. The first-order chi connectivity index (χ1) is 8.99. The van der Waals surface area contributed by atoms with Crippen molar-refractivity contribution in [3.63, 3.8) is 0 Å². The van der Waals surface area contributed by atoms with Gasteiger partial charge in [0.25, 0.3) is 5.91 Å². The SMILES string of the molecule is Cc1sc2c(c1C)CSC(C(=O)NCCC(C)C)=C2. The summed E-state index contributed by atoms with van der Waals surface area (Å²) in [6.45, 7) is 9.43. The molecule has 1 aliphatic rings. The number of thioether (sulfide) groups is 1. The van der Waals surface area contributed by atoms with Gasteiger partial charge in [-0.2, -0.15) is 0 Å². The van der Waals surface area contributed by atoms with E-state index in [9.17, 15) is 4.79 Å². The average Bonchev–Trinajstić information content (AvgIpc) is 2.64. The Hall–Kier alpha value is -0.740. The van der Waals surface area contributed by atoms with Crippen molar-refractivity contribution < 1.29 is 4.79 Å². The van der Waals surface area contributed by atoms with Gasteiger partial charge in [0.05, 0.1) is 4.91 Å². The van der Waals surface area contributed by atoms with E-state index in [-0.39, 0.29) is 5.91 Å². The normalized spacial score (nSPS) is 14.3. The molecule has 1 N–H and O–H groups in total. The maximum Gasteiger partial charge on any atom is 0.257 e. The van der Waals surface area contributed by atoms with E-state index in [1.807, 2.05) is 0 Å². The topological polar surface area (TPSA) is 29.1 Å². The van der Waals surface area contributed by atoms with E-state index in [1.165, 1.54) is 20.9 Å². The Morgan fingerprint density at radius 1 is 1.42 bits per heavy atom. The summed E-state index contributed by atoms with van der Waals surface area (Å²) in [6.07, 6.45) is 3.09. The van der Waals surface area contributed by atoms with Gasteiger partial charge in [0.2, 0.25) is 0 Å². The van der Waals surface area contributed by atoms with Gasteiger partial charge in [-0.15, -0.1) is 23.1 Å². The van der Waals surface area contributed by atoms with Gasteiger partial charge >= 0.3 is 0 Å². The van der Waals surface area contributed by atoms with Crippen LogP contribution in [0.1, 0.15) is 41.1 Å². The van der Waals surface area contributed by atoms with Crippen LogP contribution in [0.4, 0.5) is 0 Å². The molecule has 2 nitrogen and oxygen atoms in total. The minimum atomic E-state index is 0.0833. The highest BCUT2D eigenvalue weighted by atomic mass is 32.2. The van der Waals surface area contributed by atoms with Crippen LogP contribution in [0.25, 0.3) is 6.08 Å². The predicted molar refractivity (Wildman–Crippen MR) is 85.5 cm³/mol. The molecule has 0 aromatic carbocycles. The van der Waals surface area contributed by atoms with Crippen LogP contribution in [-0.2, 0) is 10.5 Å². The molecule has 0 bridgehead atoms. The van der Waals surface area contributed by atoms with Gasteiger partial charge in [-0.3, -0.25) is 4.79 Å². The van der Waals surface area contributed by atoms with Gasteiger partial charge in [0.1, 0.15) is 0 Å². The number of hydrogen-bond acceptors (Lipinski definition) is 3. The van der Waals surface area contributed by atoms with Crippen molar-refractivity contribution in [1.82, 2.24) is 5.32 Å². The van der Waals surface area contributed by atoms with Gasteiger partial charge in [0, 0.05) is 22.1 Å². The smallest absolute Gasteiger partial charge is 0.257 e. The third-order valence-corrected chi connectivity index (χ3v) is 5.65. The minimum Gasteiger partial charge on any atom is -0.352 e. The minimum absolute atomic E-state index is 0.0833. The summed E-state index contributed by atoms with van der Waals surface area (Å²) in [7, 11) is 0. The molecular weight excluding hydrogens is 274 g/mol. The maximum atomic E-state index is 12.1. The van der Waals surface area contributed by atoms with Crippen LogP contribution >= 0.6 is 23.1 Å². The zero-order valence-corrected chi connectivity index (χ0v) is 13.6. The van der Waals surface area contributed by atoms with E-state index < -0.39 is 0 Å². The third kappa shape index (κ3) is 3.42. The maximum absolute atomic E-state index is 12.1. The number of amides is 1. The molecule has 1 aromatic heterocycles. The summed E-state index contributed by atoms with van der Waals surface area (Å²) in [5, 5.41) is 3.01. The Balaban J connectivity index is 2.04. The molecule has 4 heteroatoms. The monoisotopic (exact) mass is 295 g/mol. The standard InChI is InChI=1S/C15H21NOS2/c1-9(2)5-6-16-15(17)14-7-13-12(8-18-14)10(3)11(4)19-13/h7,9H,5-6,8H2,1-4H3,(H,16,17). The predicted octanol–water partition coefficient (Wildman–Crippen LogP) is 4.11. The van der Waals surface area contributed by atoms with Crippen LogP contribution in [0.15, 0.2) is 4.91 Å². The third-order valence-electron chi connectivity index (χ3n) is 3.41.